The average Bonchev–Trinajstić information content (AvgIpc) is 3.11. The Hall–Kier alpha value is -2.84. The predicted octanol–water partition coefficient (Wildman–Crippen LogP) is 0.478. The Morgan fingerprint density at radius 1 is 1.04 bits per heavy atom. The lowest BCUT2D eigenvalue weighted by Crippen LogP contribution is -2.79. The minimum Gasteiger partial charge on any atom is -0.327 e. The first-order valence-electron chi connectivity index (χ1n) is 8.60. The molecule has 6 rings (SSSR count). The van der Waals surface area contributed by atoms with E-state index in [1.807, 2.05) is 6.07 Å². The molecule has 9 heteroatoms. The topological polar surface area (TPSA) is 84.2 Å². The molecule has 134 valence electrons. The molecule has 0 N–H and O–H groups in total. The molecule has 2 bridgehead atoms. The summed E-state index contributed by atoms with van der Waals surface area (Å²) in [6.45, 7) is 1.16. The smallest absolute Gasteiger partial charge is 0.312 e. The third-order valence-corrected chi connectivity index (χ3v) is 5.63. The van der Waals surface area contributed by atoms with Crippen LogP contribution in [-0.4, -0.2) is 65.9 Å². The Morgan fingerprint density at radius 2 is 1.77 bits per heavy atom. The summed E-state index contributed by atoms with van der Waals surface area (Å²) in [5.41, 5.74) is -0.0849. The number of carbonyl (C=O) groups is 2. The summed E-state index contributed by atoms with van der Waals surface area (Å²) in [5.74, 6) is -1.05. The van der Waals surface area contributed by atoms with Crippen molar-refractivity contribution >= 4 is 11.8 Å². The highest BCUT2D eigenvalue weighted by molar-refractivity contribution is 6.35. The second-order valence-electron chi connectivity index (χ2n) is 7.42. The van der Waals surface area contributed by atoms with Crippen molar-refractivity contribution in [2.75, 3.05) is 13.1 Å². The van der Waals surface area contributed by atoms with Crippen LogP contribution in [0.5, 0.6) is 0 Å². The van der Waals surface area contributed by atoms with E-state index in [-0.39, 0.29) is 6.54 Å². The van der Waals surface area contributed by atoms with Gasteiger partial charge in [-0.1, -0.05) is 0 Å². The van der Waals surface area contributed by atoms with E-state index in [9.17, 15) is 14.0 Å². The molecule has 3 saturated carbocycles. The number of amides is 2. The summed E-state index contributed by atoms with van der Waals surface area (Å²) >= 11 is 0. The van der Waals surface area contributed by atoms with Gasteiger partial charge in [-0.05, 0) is 12.1 Å². The third kappa shape index (κ3) is 2.16. The molecular weight excluding hydrogens is 339 g/mol. The number of hydrogen-bond donors (Lipinski definition) is 0. The molecule has 0 spiro atoms. The molecule has 3 heterocycles. The molecule has 8 nitrogen and oxygen atoms in total. The van der Waals surface area contributed by atoms with Crippen LogP contribution in [0.2, 0.25) is 0 Å². The first kappa shape index (κ1) is 15.4. The lowest BCUT2D eigenvalue weighted by Gasteiger charge is -2.69. The molecule has 4 aliphatic rings. The highest BCUT2D eigenvalue weighted by Crippen LogP contribution is 2.66. The Morgan fingerprint density at radius 3 is 2.38 bits per heavy atom. The van der Waals surface area contributed by atoms with Gasteiger partial charge in [-0.15, -0.1) is 0 Å². The second kappa shape index (κ2) is 5.09. The molecule has 0 radical (unpaired) electrons. The molecule has 0 atom stereocenters. The fourth-order valence-corrected chi connectivity index (χ4v) is 4.35. The maximum absolute atomic E-state index is 13.7. The number of hydrogen-bond acceptors (Lipinski definition) is 5. The van der Waals surface area contributed by atoms with Crippen molar-refractivity contribution in [3.05, 3.63) is 36.4 Å². The molecule has 4 fully saturated rings. The van der Waals surface area contributed by atoms with Crippen LogP contribution in [0.3, 0.4) is 0 Å². The van der Waals surface area contributed by atoms with Crippen molar-refractivity contribution in [2.45, 2.75) is 37.0 Å². The van der Waals surface area contributed by atoms with E-state index in [0.717, 1.165) is 5.69 Å². The molecule has 0 aromatic carbocycles. The van der Waals surface area contributed by atoms with Gasteiger partial charge in [0, 0.05) is 32.4 Å². The van der Waals surface area contributed by atoms with Gasteiger partial charge in [-0.2, -0.15) is 15.0 Å². The molecule has 3 aliphatic carbocycles. The molecular formula is C17H17FN6O2. The highest BCUT2D eigenvalue weighted by atomic mass is 19.1. The highest BCUT2D eigenvalue weighted by Gasteiger charge is 2.73. The van der Waals surface area contributed by atoms with E-state index in [1.165, 1.54) is 9.70 Å². The van der Waals surface area contributed by atoms with Crippen LogP contribution in [0.1, 0.15) is 25.0 Å². The Balaban J connectivity index is 1.26. The van der Waals surface area contributed by atoms with E-state index in [0.29, 0.717) is 38.0 Å². The molecule has 2 amide bonds. The molecule has 1 saturated heterocycles. The minimum atomic E-state index is -1.09. The summed E-state index contributed by atoms with van der Waals surface area (Å²) in [6.07, 6.45) is 5.92. The van der Waals surface area contributed by atoms with Crippen LogP contribution in [0.4, 0.5) is 4.39 Å². The maximum atomic E-state index is 13.7. The average molecular weight is 356 g/mol. The number of nitrogens with zero attached hydrogens (tertiary/aromatic N) is 6. The number of alkyl halides is 1. The fourth-order valence-electron chi connectivity index (χ4n) is 4.35. The lowest BCUT2D eigenvalue weighted by atomic mass is 9.46. The summed E-state index contributed by atoms with van der Waals surface area (Å²) in [4.78, 5) is 33.8. The van der Waals surface area contributed by atoms with Gasteiger partial charge in [-0.3, -0.25) is 14.6 Å². The lowest BCUT2D eigenvalue weighted by molar-refractivity contribution is -0.230. The fraction of sp³-hybridized carbons (Fsp3) is 0.471. The van der Waals surface area contributed by atoms with Gasteiger partial charge in [0.1, 0.15) is 11.4 Å². The largest absolute Gasteiger partial charge is 0.327 e. The molecule has 0 unspecified atom stereocenters. The van der Waals surface area contributed by atoms with Gasteiger partial charge < -0.3 is 9.80 Å². The van der Waals surface area contributed by atoms with Crippen LogP contribution in [0.25, 0.3) is 5.69 Å². The van der Waals surface area contributed by atoms with Crippen molar-refractivity contribution in [2.24, 2.45) is 0 Å². The van der Waals surface area contributed by atoms with E-state index in [2.05, 4.69) is 15.2 Å². The summed E-state index contributed by atoms with van der Waals surface area (Å²) in [5, 5.41) is 8.06. The van der Waals surface area contributed by atoms with E-state index in [4.69, 9.17) is 0 Å². The van der Waals surface area contributed by atoms with Crippen LogP contribution in [0.15, 0.2) is 30.7 Å². The Bertz CT molecular complexity index is 861. The van der Waals surface area contributed by atoms with E-state index >= 15 is 0 Å². The zero-order valence-electron chi connectivity index (χ0n) is 14.0. The number of rotatable bonds is 4. The third-order valence-electron chi connectivity index (χ3n) is 5.63. The Kier molecular flexibility index (Phi) is 3.02. The van der Waals surface area contributed by atoms with Gasteiger partial charge in [0.2, 0.25) is 0 Å². The zero-order valence-corrected chi connectivity index (χ0v) is 14.0. The van der Waals surface area contributed by atoms with Crippen LogP contribution < -0.4 is 0 Å². The van der Waals surface area contributed by atoms with Crippen molar-refractivity contribution in [3.63, 3.8) is 0 Å². The summed E-state index contributed by atoms with van der Waals surface area (Å²) in [6, 6.07) is 3.60. The van der Waals surface area contributed by atoms with Crippen molar-refractivity contribution in [1.29, 1.82) is 0 Å². The van der Waals surface area contributed by atoms with E-state index < -0.39 is 23.0 Å². The van der Waals surface area contributed by atoms with Gasteiger partial charge in [-0.25, -0.2) is 4.39 Å². The SMILES string of the molecule is O=C1C(=O)N(C23CC(F)(C2)C3)CCN1Cc1ccc(-n2nccn2)cn1. The first-order valence-corrected chi connectivity index (χ1v) is 8.60. The minimum absolute atomic E-state index is 0.269. The summed E-state index contributed by atoms with van der Waals surface area (Å²) < 4.78 is 13.7. The standard InChI is InChI=1S/C17H17FN6O2/c18-16-9-17(10-16,11-16)23-6-5-22(14(25)15(23)26)8-12-1-2-13(7-19-12)24-20-3-4-21-24/h1-4,7H,5-6,8-11H2. The van der Waals surface area contributed by atoms with E-state index in [1.54, 1.807) is 29.6 Å². The number of carbonyl (C=O) groups excluding carboxylic acids is 2. The number of piperazine rings is 1. The van der Waals surface area contributed by atoms with Crippen molar-refractivity contribution in [3.8, 4) is 5.69 Å². The first-order chi connectivity index (χ1) is 12.5. The van der Waals surface area contributed by atoms with Gasteiger partial charge in [0.15, 0.2) is 0 Å². The molecule has 2 aromatic heterocycles. The Labute approximate surface area is 148 Å². The van der Waals surface area contributed by atoms with Crippen LogP contribution in [-0.2, 0) is 16.1 Å². The van der Waals surface area contributed by atoms with Crippen molar-refractivity contribution < 1.29 is 14.0 Å². The number of halogens is 1. The predicted molar refractivity (Wildman–Crippen MR) is 86.7 cm³/mol. The van der Waals surface area contributed by atoms with Gasteiger partial charge in [0.05, 0.1) is 36.4 Å². The maximum Gasteiger partial charge on any atom is 0.312 e. The quantitative estimate of drug-likeness (QED) is 0.744. The zero-order chi connectivity index (χ0) is 17.9. The monoisotopic (exact) mass is 356 g/mol. The van der Waals surface area contributed by atoms with Gasteiger partial charge >= 0.3 is 11.8 Å². The number of pyridine rings is 1. The summed E-state index contributed by atoms with van der Waals surface area (Å²) in [7, 11) is 0. The molecule has 26 heavy (non-hydrogen) atoms. The second-order valence-corrected chi connectivity index (χ2v) is 7.42. The van der Waals surface area contributed by atoms with Crippen LogP contribution in [0, 0.1) is 0 Å². The van der Waals surface area contributed by atoms with Gasteiger partial charge in [0.25, 0.3) is 0 Å². The normalized spacial score (nSPS) is 30.2. The molecule has 1 aliphatic heterocycles. The van der Waals surface area contributed by atoms with Crippen LogP contribution >= 0.6 is 0 Å². The number of aromatic nitrogens is 4. The van der Waals surface area contributed by atoms with Crippen molar-refractivity contribution in [1.82, 2.24) is 29.8 Å². The molecule has 2 aromatic rings.